The fourth-order valence-electron chi connectivity index (χ4n) is 11.0. The molecule has 8 aromatic carbocycles. The van der Waals surface area contributed by atoms with Crippen molar-refractivity contribution in [2.45, 2.75) is 54.4 Å². The molecule has 11 aromatic rings. The number of furan rings is 1. The highest BCUT2D eigenvalue weighted by Gasteiger charge is 2.27. The molecule has 67 heavy (non-hydrogen) atoms. The fraction of sp³-hybridized carbons (Fsp3) is 0.129. The van der Waals surface area contributed by atoms with Gasteiger partial charge in [-0.25, -0.2) is 9.97 Å². The number of rotatable bonds is 6. The fourth-order valence-corrected chi connectivity index (χ4v) is 11.0. The highest BCUT2D eigenvalue weighted by Crippen LogP contribution is 2.48. The molecule has 0 aliphatic heterocycles. The number of aromatic hydroxyl groups is 1. The minimum atomic E-state index is 0.256. The second kappa shape index (κ2) is 15.6. The van der Waals surface area contributed by atoms with E-state index < -0.39 is 0 Å². The van der Waals surface area contributed by atoms with Crippen LogP contribution in [0.5, 0.6) is 5.75 Å². The van der Waals surface area contributed by atoms with Crippen LogP contribution < -0.4 is 0 Å². The molecule has 0 bridgehead atoms. The van der Waals surface area contributed by atoms with Gasteiger partial charge in [0.05, 0.1) is 22.4 Å². The molecule has 0 saturated heterocycles. The third-order valence-corrected chi connectivity index (χ3v) is 13.8. The Bertz CT molecular complexity index is 3720. The van der Waals surface area contributed by atoms with Crippen LogP contribution in [0.25, 0.3) is 106 Å². The first kappa shape index (κ1) is 40.5. The summed E-state index contributed by atoms with van der Waals surface area (Å²) in [7, 11) is 0. The lowest BCUT2D eigenvalue weighted by Gasteiger charge is -2.21. The molecule has 0 amide bonds. The van der Waals surface area contributed by atoms with Crippen molar-refractivity contribution in [3.05, 3.63) is 202 Å². The van der Waals surface area contributed by atoms with Gasteiger partial charge in [0.2, 0.25) is 0 Å². The molecule has 0 unspecified atom stereocenters. The molecule has 0 fully saturated rings. The van der Waals surface area contributed by atoms with Crippen molar-refractivity contribution in [1.29, 1.82) is 0 Å². The number of para-hydroxylation sites is 3. The van der Waals surface area contributed by atoms with Crippen molar-refractivity contribution in [3.63, 3.8) is 0 Å². The lowest BCUT2D eigenvalue weighted by Crippen LogP contribution is -2.08. The summed E-state index contributed by atoms with van der Waals surface area (Å²) < 4.78 is 9.29. The highest BCUT2D eigenvalue weighted by atomic mass is 16.3. The zero-order chi connectivity index (χ0) is 45.7. The van der Waals surface area contributed by atoms with Gasteiger partial charge in [0.25, 0.3) is 0 Å². The molecule has 324 valence electrons. The van der Waals surface area contributed by atoms with E-state index in [1.54, 1.807) is 6.07 Å². The minimum absolute atomic E-state index is 0.256. The van der Waals surface area contributed by atoms with E-state index in [-0.39, 0.29) is 5.75 Å². The SMILES string of the molecule is Cc1cc(C)cc(-c2cccc(-c3cc(C)cc(C)c3)c2-c2cc(-c3cccc4c3nc(-c3ccc5c(n3)-c3c(O)cccc3CC5)n4-c3c(C)cccc3C)cc3c2oc2ccccc23)c1. The van der Waals surface area contributed by atoms with Gasteiger partial charge in [0.1, 0.15) is 22.6 Å². The number of aryl methyl sites for hydroxylation is 8. The first-order chi connectivity index (χ1) is 32.6. The maximum atomic E-state index is 11.2. The van der Waals surface area contributed by atoms with E-state index in [4.69, 9.17) is 14.4 Å². The summed E-state index contributed by atoms with van der Waals surface area (Å²) in [5, 5.41) is 13.3. The van der Waals surface area contributed by atoms with E-state index in [0.717, 1.165) is 130 Å². The third-order valence-electron chi connectivity index (χ3n) is 13.8. The molecule has 0 radical (unpaired) electrons. The van der Waals surface area contributed by atoms with Gasteiger partial charge in [-0.05, 0) is 141 Å². The van der Waals surface area contributed by atoms with Crippen LogP contribution >= 0.6 is 0 Å². The summed E-state index contributed by atoms with van der Waals surface area (Å²) in [5.41, 5.74) is 25.2. The standard InChI is InChI=1S/C62H49N3O2/c1-35-27-36(2)30-43(29-35)46-17-11-18-47(44-31-37(3)28-38(4)32-44)57(46)51-34-45(33-50-49-16-7-8-22-55(49)67-61(50)51)48-19-12-20-53-59(48)64-62(65(53)60-39(5)13-9-14-40(60)6)52-26-25-42-24-23-41-15-10-21-54(66)56(41)58(42)63-52/h7-22,25-34,66H,23-24H2,1-6H3. The summed E-state index contributed by atoms with van der Waals surface area (Å²) in [5.74, 6) is 1.00. The Hall–Kier alpha value is -8.02. The van der Waals surface area contributed by atoms with Crippen LogP contribution in [-0.4, -0.2) is 19.6 Å². The summed E-state index contributed by atoms with van der Waals surface area (Å²) in [6, 6.07) is 56.5. The Morgan fingerprint density at radius 2 is 1.10 bits per heavy atom. The minimum Gasteiger partial charge on any atom is -0.507 e. The second-order valence-corrected chi connectivity index (χ2v) is 18.7. The number of hydrogen-bond acceptors (Lipinski definition) is 4. The van der Waals surface area contributed by atoms with Crippen LogP contribution in [0.2, 0.25) is 0 Å². The van der Waals surface area contributed by atoms with E-state index in [0.29, 0.717) is 0 Å². The van der Waals surface area contributed by atoms with Crippen LogP contribution in [0.15, 0.2) is 162 Å². The highest BCUT2D eigenvalue weighted by molar-refractivity contribution is 6.15. The van der Waals surface area contributed by atoms with Gasteiger partial charge in [0.15, 0.2) is 5.82 Å². The van der Waals surface area contributed by atoms with E-state index >= 15 is 0 Å². The first-order valence-corrected chi connectivity index (χ1v) is 23.2. The maximum Gasteiger partial charge on any atom is 0.164 e. The molecule has 3 aromatic heterocycles. The normalized spacial score (nSPS) is 12.3. The number of aromatic nitrogens is 3. The van der Waals surface area contributed by atoms with Gasteiger partial charge in [-0.3, -0.25) is 4.57 Å². The number of nitrogens with zero attached hydrogens (tertiary/aromatic N) is 3. The summed E-state index contributed by atoms with van der Waals surface area (Å²) in [4.78, 5) is 11.1. The van der Waals surface area contributed by atoms with Gasteiger partial charge < -0.3 is 9.52 Å². The van der Waals surface area contributed by atoms with Gasteiger partial charge in [-0.2, -0.15) is 0 Å². The predicted molar refractivity (Wildman–Crippen MR) is 276 cm³/mol. The Kier molecular flexibility index (Phi) is 9.40. The number of imidazole rings is 1. The molecular weight excluding hydrogens is 819 g/mol. The first-order valence-electron chi connectivity index (χ1n) is 23.2. The zero-order valence-corrected chi connectivity index (χ0v) is 38.6. The summed E-state index contributed by atoms with van der Waals surface area (Å²) >= 11 is 0. The van der Waals surface area contributed by atoms with Crippen LogP contribution in [0, 0.1) is 41.5 Å². The Morgan fingerprint density at radius 1 is 0.493 bits per heavy atom. The van der Waals surface area contributed by atoms with Crippen LogP contribution in [0.4, 0.5) is 0 Å². The predicted octanol–water partition coefficient (Wildman–Crippen LogP) is 16.0. The van der Waals surface area contributed by atoms with Crippen molar-refractivity contribution in [1.82, 2.24) is 14.5 Å². The van der Waals surface area contributed by atoms with Crippen molar-refractivity contribution < 1.29 is 9.52 Å². The molecule has 1 N–H and O–H groups in total. The molecule has 5 heteroatoms. The Balaban J connectivity index is 1.17. The Labute approximate surface area is 390 Å². The zero-order valence-electron chi connectivity index (χ0n) is 38.6. The quantitative estimate of drug-likeness (QED) is 0.181. The molecule has 0 saturated carbocycles. The largest absolute Gasteiger partial charge is 0.507 e. The van der Waals surface area contributed by atoms with Gasteiger partial charge in [-0.1, -0.05) is 144 Å². The molecule has 0 atom stereocenters. The second-order valence-electron chi connectivity index (χ2n) is 18.7. The van der Waals surface area contributed by atoms with Crippen LogP contribution in [-0.2, 0) is 12.8 Å². The number of pyridine rings is 1. The van der Waals surface area contributed by atoms with Crippen molar-refractivity contribution >= 4 is 33.0 Å². The van der Waals surface area contributed by atoms with Gasteiger partial charge in [-0.15, -0.1) is 0 Å². The monoisotopic (exact) mass is 867 g/mol. The topological polar surface area (TPSA) is 64.1 Å². The van der Waals surface area contributed by atoms with Crippen molar-refractivity contribution in [2.75, 3.05) is 0 Å². The van der Waals surface area contributed by atoms with Crippen molar-refractivity contribution in [2.24, 2.45) is 0 Å². The molecular formula is C62H49N3O2. The molecule has 1 aliphatic rings. The number of benzene rings is 8. The molecule has 3 heterocycles. The van der Waals surface area contributed by atoms with Gasteiger partial charge in [0, 0.05) is 33.0 Å². The Morgan fingerprint density at radius 3 is 1.82 bits per heavy atom. The number of hydrogen-bond donors (Lipinski definition) is 1. The number of phenols is 1. The van der Waals surface area contributed by atoms with E-state index in [2.05, 4.69) is 186 Å². The van der Waals surface area contributed by atoms with E-state index in [9.17, 15) is 5.11 Å². The lowest BCUT2D eigenvalue weighted by atomic mass is 9.84. The van der Waals surface area contributed by atoms with Crippen LogP contribution in [0.1, 0.15) is 44.5 Å². The molecule has 5 nitrogen and oxygen atoms in total. The van der Waals surface area contributed by atoms with Crippen LogP contribution in [0.3, 0.4) is 0 Å². The lowest BCUT2D eigenvalue weighted by molar-refractivity contribution is 0.476. The summed E-state index contributed by atoms with van der Waals surface area (Å²) in [6.07, 6.45) is 1.73. The third kappa shape index (κ3) is 6.68. The number of phenolic OH excluding ortho intramolecular Hbond substituents is 1. The number of fused-ring (bicyclic) bond motifs is 7. The average Bonchev–Trinajstić information content (AvgIpc) is 3.89. The smallest absolute Gasteiger partial charge is 0.164 e. The van der Waals surface area contributed by atoms with E-state index in [1.807, 2.05) is 12.1 Å². The van der Waals surface area contributed by atoms with E-state index in [1.165, 1.54) is 33.4 Å². The van der Waals surface area contributed by atoms with Gasteiger partial charge >= 0.3 is 0 Å². The molecule has 0 spiro atoms. The molecule has 1 aliphatic carbocycles. The maximum absolute atomic E-state index is 11.2. The summed E-state index contributed by atoms with van der Waals surface area (Å²) in [6.45, 7) is 13.0. The molecule has 12 rings (SSSR count). The van der Waals surface area contributed by atoms with Crippen molar-refractivity contribution in [3.8, 4) is 78.7 Å². The average molecular weight is 868 g/mol.